The molecule has 0 atom stereocenters. The van der Waals surface area contributed by atoms with Crippen LogP contribution in [0.4, 0.5) is 5.69 Å². The van der Waals surface area contributed by atoms with E-state index in [2.05, 4.69) is 17.6 Å². The van der Waals surface area contributed by atoms with Crippen molar-refractivity contribution in [3.05, 3.63) is 39.9 Å². The Morgan fingerprint density at radius 2 is 1.93 bits per heavy atom. The number of hydrogen-bond donors (Lipinski definition) is 2. The van der Waals surface area contributed by atoms with Gasteiger partial charge < -0.3 is 15.4 Å². The van der Waals surface area contributed by atoms with Crippen molar-refractivity contribution in [3.63, 3.8) is 0 Å². The predicted octanol–water partition coefficient (Wildman–Crippen LogP) is 1.56. The van der Waals surface area contributed by atoms with E-state index in [0.717, 1.165) is 31.7 Å². The first-order chi connectivity index (χ1) is 12.8. The molecule has 2 N–H and O–H groups in total. The van der Waals surface area contributed by atoms with Crippen molar-refractivity contribution >= 4 is 23.5 Å². The number of carbonyl (C=O) groups is 3. The lowest BCUT2D eigenvalue weighted by Gasteiger charge is -2.26. The van der Waals surface area contributed by atoms with Crippen molar-refractivity contribution in [1.29, 1.82) is 0 Å². The Morgan fingerprint density at radius 3 is 2.59 bits per heavy atom. The summed E-state index contributed by atoms with van der Waals surface area (Å²) in [6.07, 6.45) is 3.96. The minimum absolute atomic E-state index is 0.0567. The Kier molecular flexibility index (Phi) is 7.27. The quantitative estimate of drug-likeness (QED) is 0.422. The Hall–Kier alpha value is -2.97. The fourth-order valence-electron chi connectivity index (χ4n) is 2.89. The number of ether oxygens (including phenoxy) is 1. The normalized spacial score (nSPS) is 19.0. The standard InChI is InChI=1S/C18H23N3O6/c1-12-5-7-14(8-6-12)20-16(22)11-27-17(23)10-19-18(24)13-3-2-4-15(9-13)21(25)26/h2-4,9,12,14H,5-8,10-11H2,1H3,(H,19,24)(H,20,22). The molecule has 0 bridgehead atoms. The molecular formula is C18H23N3O6. The van der Waals surface area contributed by atoms with E-state index in [4.69, 9.17) is 4.74 Å². The van der Waals surface area contributed by atoms with Crippen LogP contribution in [0.5, 0.6) is 0 Å². The van der Waals surface area contributed by atoms with Gasteiger partial charge in [-0.25, -0.2) is 0 Å². The Morgan fingerprint density at radius 1 is 1.22 bits per heavy atom. The van der Waals surface area contributed by atoms with Gasteiger partial charge in [0.1, 0.15) is 6.54 Å². The van der Waals surface area contributed by atoms with Crippen LogP contribution in [0.25, 0.3) is 0 Å². The highest BCUT2D eigenvalue weighted by atomic mass is 16.6. The van der Waals surface area contributed by atoms with Gasteiger partial charge in [0, 0.05) is 23.7 Å². The predicted molar refractivity (Wildman–Crippen MR) is 96.0 cm³/mol. The number of nitro groups is 1. The van der Waals surface area contributed by atoms with Crippen LogP contribution in [0.2, 0.25) is 0 Å². The summed E-state index contributed by atoms with van der Waals surface area (Å²) in [6.45, 7) is 1.34. The topological polar surface area (TPSA) is 128 Å². The van der Waals surface area contributed by atoms with E-state index < -0.39 is 30.0 Å². The van der Waals surface area contributed by atoms with Crippen LogP contribution in [0, 0.1) is 16.0 Å². The van der Waals surface area contributed by atoms with Gasteiger partial charge in [0.2, 0.25) is 0 Å². The number of nitrogens with one attached hydrogen (secondary N) is 2. The molecule has 2 rings (SSSR count). The van der Waals surface area contributed by atoms with Gasteiger partial charge in [0.05, 0.1) is 4.92 Å². The van der Waals surface area contributed by atoms with E-state index in [-0.39, 0.29) is 23.2 Å². The molecule has 0 heterocycles. The second-order valence-electron chi connectivity index (χ2n) is 6.68. The smallest absolute Gasteiger partial charge is 0.325 e. The van der Waals surface area contributed by atoms with E-state index in [0.29, 0.717) is 5.92 Å². The fraction of sp³-hybridized carbons (Fsp3) is 0.500. The van der Waals surface area contributed by atoms with Gasteiger partial charge in [-0.3, -0.25) is 24.5 Å². The molecule has 0 saturated heterocycles. The lowest BCUT2D eigenvalue weighted by atomic mass is 9.87. The lowest BCUT2D eigenvalue weighted by Crippen LogP contribution is -2.40. The summed E-state index contributed by atoms with van der Waals surface area (Å²) in [5, 5.41) is 15.9. The Balaban J connectivity index is 1.69. The highest BCUT2D eigenvalue weighted by molar-refractivity contribution is 5.96. The van der Waals surface area contributed by atoms with E-state index in [1.807, 2.05) is 0 Å². The van der Waals surface area contributed by atoms with Crippen LogP contribution in [0.15, 0.2) is 24.3 Å². The molecule has 146 valence electrons. The average molecular weight is 377 g/mol. The molecule has 0 spiro atoms. The molecule has 0 aliphatic heterocycles. The Labute approximate surface area is 156 Å². The molecule has 1 aromatic carbocycles. The third kappa shape index (κ3) is 6.69. The van der Waals surface area contributed by atoms with Gasteiger partial charge in [-0.05, 0) is 37.7 Å². The fourth-order valence-corrected chi connectivity index (χ4v) is 2.89. The van der Waals surface area contributed by atoms with Crippen LogP contribution in [0.3, 0.4) is 0 Å². The van der Waals surface area contributed by atoms with Crippen LogP contribution >= 0.6 is 0 Å². The summed E-state index contributed by atoms with van der Waals surface area (Å²) in [5.74, 6) is -1.10. The molecule has 9 heteroatoms. The number of hydrogen-bond acceptors (Lipinski definition) is 6. The SMILES string of the molecule is CC1CCC(NC(=O)COC(=O)CNC(=O)c2cccc([N+](=O)[O-])c2)CC1. The minimum atomic E-state index is -0.763. The van der Waals surface area contributed by atoms with Crippen LogP contribution in [-0.2, 0) is 14.3 Å². The van der Waals surface area contributed by atoms with Crippen molar-refractivity contribution in [2.75, 3.05) is 13.2 Å². The summed E-state index contributed by atoms with van der Waals surface area (Å²) in [4.78, 5) is 45.5. The molecule has 9 nitrogen and oxygen atoms in total. The second kappa shape index (κ2) is 9.65. The van der Waals surface area contributed by atoms with E-state index in [9.17, 15) is 24.5 Å². The largest absolute Gasteiger partial charge is 0.454 e. The summed E-state index contributed by atoms with van der Waals surface area (Å²) in [6, 6.07) is 5.25. The maximum atomic E-state index is 11.9. The van der Waals surface area contributed by atoms with E-state index in [1.165, 1.54) is 18.2 Å². The second-order valence-corrected chi connectivity index (χ2v) is 6.68. The zero-order valence-corrected chi connectivity index (χ0v) is 15.1. The van der Waals surface area contributed by atoms with Crippen molar-refractivity contribution in [2.24, 2.45) is 5.92 Å². The van der Waals surface area contributed by atoms with Gasteiger partial charge in [-0.1, -0.05) is 13.0 Å². The number of esters is 1. The number of non-ortho nitro benzene ring substituents is 1. The molecule has 1 saturated carbocycles. The molecule has 0 radical (unpaired) electrons. The highest BCUT2D eigenvalue weighted by Gasteiger charge is 2.20. The maximum absolute atomic E-state index is 11.9. The van der Waals surface area contributed by atoms with E-state index in [1.54, 1.807) is 0 Å². The van der Waals surface area contributed by atoms with Gasteiger partial charge in [0.25, 0.3) is 17.5 Å². The number of nitrogens with zero attached hydrogens (tertiary/aromatic N) is 1. The molecule has 0 unspecified atom stereocenters. The highest BCUT2D eigenvalue weighted by Crippen LogP contribution is 2.23. The molecule has 0 aromatic heterocycles. The van der Waals surface area contributed by atoms with Crippen molar-refractivity contribution in [3.8, 4) is 0 Å². The number of rotatable bonds is 7. The first kappa shape index (κ1) is 20.3. The summed E-state index contributed by atoms with van der Waals surface area (Å²) in [7, 11) is 0. The summed E-state index contributed by atoms with van der Waals surface area (Å²) in [5.41, 5.74) is -0.166. The van der Waals surface area contributed by atoms with Crippen molar-refractivity contribution in [1.82, 2.24) is 10.6 Å². The van der Waals surface area contributed by atoms with Crippen LogP contribution in [-0.4, -0.2) is 41.9 Å². The summed E-state index contributed by atoms with van der Waals surface area (Å²) < 4.78 is 4.84. The first-order valence-corrected chi connectivity index (χ1v) is 8.82. The number of carbonyl (C=O) groups excluding carboxylic acids is 3. The molecule has 1 aliphatic carbocycles. The first-order valence-electron chi connectivity index (χ1n) is 8.82. The van der Waals surface area contributed by atoms with E-state index >= 15 is 0 Å². The molecule has 27 heavy (non-hydrogen) atoms. The van der Waals surface area contributed by atoms with Gasteiger partial charge >= 0.3 is 5.97 Å². The molecule has 1 aromatic rings. The monoisotopic (exact) mass is 377 g/mol. The number of nitro benzene ring substituents is 1. The zero-order valence-electron chi connectivity index (χ0n) is 15.1. The number of benzene rings is 1. The zero-order chi connectivity index (χ0) is 19.8. The van der Waals surface area contributed by atoms with Gasteiger partial charge in [-0.15, -0.1) is 0 Å². The minimum Gasteiger partial charge on any atom is -0.454 e. The third-order valence-corrected chi connectivity index (χ3v) is 4.46. The van der Waals surface area contributed by atoms with Crippen LogP contribution in [0.1, 0.15) is 43.0 Å². The van der Waals surface area contributed by atoms with Gasteiger partial charge in [-0.2, -0.15) is 0 Å². The molecule has 1 fully saturated rings. The van der Waals surface area contributed by atoms with Crippen molar-refractivity contribution < 1.29 is 24.0 Å². The van der Waals surface area contributed by atoms with Crippen LogP contribution < -0.4 is 10.6 Å². The molecule has 2 amide bonds. The average Bonchev–Trinajstić information content (AvgIpc) is 2.66. The summed E-state index contributed by atoms with van der Waals surface area (Å²) >= 11 is 0. The lowest BCUT2D eigenvalue weighted by molar-refractivity contribution is -0.384. The molecular weight excluding hydrogens is 354 g/mol. The van der Waals surface area contributed by atoms with Crippen molar-refractivity contribution in [2.45, 2.75) is 38.6 Å². The molecule has 1 aliphatic rings. The maximum Gasteiger partial charge on any atom is 0.325 e. The third-order valence-electron chi connectivity index (χ3n) is 4.46. The number of amides is 2. The van der Waals surface area contributed by atoms with Gasteiger partial charge in [0.15, 0.2) is 6.61 Å². The Bertz CT molecular complexity index is 713.